The van der Waals surface area contributed by atoms with Crippen molar-refractivity contribution in [3.05, 3.63) is 30.1 Å². The van der Waals surface area contributed by atoms with Crippen LogP contribution in [0, 0.1) is 6.92 Å². The smallest absolute Gasteiger partial charge is 0.316 e. The molecule has 1 aromatic rings. The number of ether oxygens (including phenoxy) is 1. The summed E-state index contributed by atoms with van der Waals surface area (Å²) in [6.45, 7) is 5.65. The summed E-state index contributed by atoms with van der Waals surface area (Å²) in [7, 11) is 0. The Morgan fingerprint density at radius 1 is 1.69 bits per heavy atom. The summed E-state index contributed by atoms with van der Waals surface area (Å²) in [5.74, 6) is 0. The van der Waals surface area contributed by atoms with Crippen LogP contribution in [0.5, 0.6) is 6.01 Å². The van der Waals surface area contributed by atoms with Gasteiger partial charge in [-0.05, 0) is 6.92 Å². The number of hydrogen-bond donors (Lipinski definition) is 1. The van der Waals surface area contributed by atoms with Crippen LogP contribution in [0.1, 0.15) is 11.3 Å². The Kier molecular flexibility index (Phi) is 3.40. The lowest BCUT2D eigenvalue weighted by atomic mass is 10.3. The summed E-state index contributed by atoms with van der Waals surface area (Å²) in [5, 5.41) is 8.85. The zero-order chi connectivity index (χ0) is 9.68. The van der Waals surface area contributed by atoms with E-state index in [9.17, 15) is 0 Å². The van der Waals surface area contributed by atoms with Gasteiger partial charge in [0.05, 0.1) is 12.3 Å². The molecule has 4 heteroatoms. The van der Waals surface area contributed by atoms with Crippen molar-refractivity contribution in [2.24, 2.45) is 0 Å². The van der Waals surface area contributed by atoms with Crippen molar-refractivity contribution < 1.29 is 9.84 Å². The van der Waals surface area contributed by atoms with Crippen molar-refractivity contribution >= 4 is 0 Å². The van der Waals surface area contributed by atoms with E-state index in [-0.39, 0.29) is 6.61 Å². The zero-order valence-electron chi connectivity index (χ0n) is 7.53. The van der Waals surface area contributed by atoms with E-state index in [1.807, 2.05) is 0 Å². The van der Waals surface area contributed by atoms with Gasteiger partial charge in [-0.3, -0.25) is 0 Å². The lowest BCUT2D eigenvalue weighted by molar-refractivity contribution is 0.278. The lowest BCUT2D eigenvalue weighted by Gasteiger charge is -2.04. The standard InChI is InChI=1S/C9H12N2O2/c1-3-4-13-9-10-5-8(6-12)7(2)11-9/h3,5,12H,1,4,6H2,2H3. The van der Waals surface area contributed by atoms with Gasteiger partial charge < -0.3 is 9.84 Å². The Balaban J connectivity index is 2.76. The summed E-state index contributed by atoms with van der Waals surface area (Å²) in [4.78, 5) is 7.95. The van der Waals surface area contributed by atoms with Crippen molar-refractivity contribution in [3.8, 4) is 6.01 Å². The lowest BCUT2D eigenvalue weighted by Crippen LogP contribution is -2.01. The Hall–Kier alpha value is -1.42. The Morgan fingerprint density at radius 3 is 3.00 bits per heavy atom. The highest BCUT2D eigenvalue weighted by Gasteiger charge is 2.01. The normalized spacial score (nSPS) is 9.69. The number of hydrogen-bond acceptors (Lipinski definition) is 4. The van der Waals surface area contributed by atoms with E-state index in [0.29, 0.717) is 18.2 Å². The monoisotopic (exact) mass is 180 g/mol. The van der Waals surface area contributed by atoms with Gasteiger partial charge in [0.25, 0.3) is 0 Å². The summed E-state index contributed by atoms with van der Waals surface area (Å²) < 4.78 is 5.11. The first-order chi connectivity index (χ1) is 6.27. The van der Waals surface area contributed by atoms with Gasteiger partial charge in [-0.1, -0.05) is 12.7 Å². The van der Waals surface area contributed by atoms with E-state index >= 15 is 0 Å². The van der Waals surface area contributed by atoms with Crippen LogP contribution in [0.15, 0.2) is 18.9 Å². The topological polar surface area (TPSA) is 55.2 Å². The van der Waals surface area contributed by atoms with E-state index in [1.165, 1.54) is 0 Å². The van der Waals surface area contributed by atoms with E-state index in [0.717, 1.165) is 5.69 Å². The first kappa shape index (κ1) is 9.67. The molecule has 0 aliphatic rings. The van der Waals surface area contributed by atoms with Crippen molar-refractivity contribution in [3.63, 3.8) is 0 Å². The Bertz CT molecular complexity index is 300. The van der Waals surface area contributed by atoms with Crippen LogP contribution in [-0.2, 0) is 6.61 Å². The minimum Gasteiger partial charge on any atom is -0.459 e. The molecule has 0 saturated heterocycles. The van der Waals surface area contributed by atoms with Crippen LogP contribution in [-0.4, -0.2) is 21.7 Å². The van der Waals surface area contributed by atoms with E-state index in [2.05, 4.69) is 16.5 Å². The SMILES string of the molecule is C=CCOc1ncc(CO)c(C)n1. The number of nitrogens with zero attached hydrogens (tertiary/aromatic N) is 2. The van der Waals surface area contributed by atoms with Crippen LogP contribution < -0.4 is 4.74 Å². The molecule has 0 spiro atoms. The van der Waals surface area contributed by atoms with E-state index < -0.39 is 0 Å². The molecule has 0 unspecified atom stereocenters. The second-order valence-electron chi connectivity index (χ2n) is 2.52. The fraction of sp³-hybridized carbons (Fsp3) is 0.333. The molecular weight excluding hydrogens is 168 g/mol. The molecule has 0 fully saturated rings. The molecule has 0 aliphatic carbocycles. The van der Waals surface area contributed by atoms with Crippen LogP contribution in [0.25, 0.3) is 0 Å². The molecule has 1 rings (SSSR count). The zero-order valence-corrected chi connectivity index (χ0v) is 7.53. The van der Waals surface area contributed by atoms with Gasteiger partial charge in [-0.2, -0.15) is 0 Å². The maximum absolute atomic E-state index is 8.85. The highest BCUT2D eigenvalue weighted by Crippen LogP contribution is 2.08. The molecule has 0 saturated carbocycles. The molecule has 0 atom stereocenters. The first-order valence-electron chi connectivity index (χ1n) is 3.95. The first-order valence-corrected chi connectivity index (χ1v) is 3.95. The average Bonchev–Trinajstić information content (AvgIpc) is 2.15. The van der Waals surface area contributed by atoms with Gasteiger partial charge in [0.15, 0.2) is 0 Å². The van der Waals surface area contributed by atoms with Gasteiger partial charge in [-0.25, -0.2) is 9.97 Å². The van der Waals surface area contributed by atoms with Crippen molar-refractivity contribution in [1.82, 2.24) is 9.97 Å². The fourth-order valence-electron chi connectivity index (χ4n) is 0.829. The summed E-state index contributed by atoms with van der Waals surface area (Å²) >= 11 is 0. The van der Waals surface area contributed by atoms with Crippen molar-refractivity contribution in [2.45, 2.75) is 13.5 Å². The third kappa shape index (κ3) is 2.52. The number of aliphatic hydroxyl groups excluding tert-OH is 1. The molecular formula is C9H12N2O2. The molecule has 0 aromatic carbocycles. The number of rotatable bonds is 4. The van der Waals surface area contributed by atoms with Crippen LogP contribution in [0.2, 0.25) is 0 Å². The number of aromatic nitrogens is 2. The summed E-state index contributed by atoms with van der Waals surface area (Å²) in [6, 6.07) is 0.314. The molecule has 4 nitrogen and oxygen atoms in total. The summed E-state index contributed by atoms with van der Waals surface area (Å²) in [6.07, 6.45) is 3.18. The minimum absolute atomic E-state index is 0.0480. The van der Waals surface area contributed by atoms with E-state index in [1.54, 1.807) is 19.2 Å². The molecule has 0 radical (unpaired) electrons. The average molecular weight is 180 g/mol. The quantitative estimate of drug-likeness (QED) is 0.698. The molecule has 70 valence electrons. The largest absolute Gasteiger partial charge is 0.459 e. The predicted octanol–water partition coefficient (Wildman–Crippen LogP) is 0.842. The Labute approximate surface area is 76.9 Å². The van der Waals surface area contributed by atoms with Crippen LogP contribution >= 0.6 is 0 Å². The van der Waals surface area contributed by atoms with Crippen LogP contribution in [0.4, 0.5) is 0 Å². The third-order valence-corrected chi connectivity index (χ3v) is 1.56. The maximum atomic E-state index is 8.85. The van der Waals surface area contributed by atoms with E-state index in [4.69, 9.17) is 9.84 Å². The molecule has 0 amide bonds. The van der Waals surface area contributed by atoms with Crippen LogP contribution in [0.3, 0.4) is 0 Å². The minimum atomic E-state index is -0.0480. The number of aryl methyl sites for hydroxylation is 1. The van der Waals surface area contributed by atoms with Gasteiger partial charge in [-0.15, -0.1) is 0 Å². The third-order valence-electron chi connectivity index (χ3n) is 1.56. The Morgan fingerprint density at radius 2 is 2.46 bits per heavy atom. The molecule has 0 aliphatic heterocycles. The fourth-order valence-corrected chi connectivity index (χ4v) is 0.829. The van der Waals surface area contributed by atoms with Crippen molar-refractivity contribution in [2.75, 3.05) is 6.61 Å². The van der Waals surface area contributed by atoms with Gasteiger partial charge in [0, 0.05) is 11.8 Å². The van der Waals surface area contributed by atoms with Crippen molar-refractivity contribution in [1.29, 1.82) is 0 Å². The molecule has 1 N–H and O–H groups in total. The second-order valence-corrected chi connectivity index (χ2v) is 2.52. The van der Waals surface area contributed by atoms with Gasteiger partial charge in [0.1, 0.15) is 6.61 Å². The molecule has 13 heavy (non-hydrogen) atoms. The molecule has 1 heterocycles. The highest BCUT2D eigenvalue weighted by molar-refractivity contribution is 5.16. The molecule has 1 aromatic heterocycles. The second kappa shape index (κ2) is 4.57. The highest BCUT2D eigenvalue weighted by atomic mass is 16.5. The number of aliphatic hydroxyl groups is 1. The predicted molar refractivity (Wildman–Crippen MR) is 48.4 cm³/mol. The van der Waals surface area contributed by atoms with Gasteiger partial charge >= 0.3 is 6.01 Å². The maximum Gasteiger partial charge on any atom is 0.316 e. The van der Waals surface area contributed by atoms with Gasteiger partial charge in [0.2, 0.25) is 0 Å². The molecule has 0 bridgehead atoms. The summed E-state index contributed by atoms with van der Waals surface area (Å²) in [5.41, 5.74) is 1.45.